The summed E-state index contributed by atoms with van der Waals surface area (Å²) in [6, 6.07) is 15.4. The van der Waals surface area contributed by atoms with Gasteiger partial charge >= 0.3 is 5.97 Å². The Morgan fingerprint density at radius 2 is 1.79 bits per heavy atom. The van der Waals surface area contributed by atoms with Gasteiger partial charge < -0.3 is 14.7 Å². The van der Waals surface area contributed by atoms with Crippen molar-refractivity contribution in [2.24, 2.45) is 0 Å². The third kappa shape index (κ3) is 3.10. The molecule has 124 valence electrons. The second-order valence-corrected chi connectivity index (χ2v) is 6.50. The zero-order valence-electron chi connectivity index (χ0n) is 13.1. The van der Waals surface area contributed by atoms with Crippen molar-refractivity contribution >= 4 is 23.6 Å². The second kappa shape index (κ2) is 6.97. The molecule has 0 unspecified atom stereocenters. The third-order valence-corrected chi connectivity index (χ3v) is 5.26. The van der Waals surface area contributed by atoms with E-state index in [-0.39, 0.29) is 11.3 Å². The summed E-state index contributed by atoms with van der Waals surface area (Å²) >= 11 is 1.47. The summed E-state index contributed by atoms with van der Waals surface area (Å²) in [5, 5.41) is 9.20. The quantitative estimate of drug-likeness (QED) is 0.924. The van der Waals surface area contributed by atoms with Crippen LogP contribution in [-0.2, 0) is 4.79 Å². The van der Waals surface area contributed by atoms with Gasteiger partial charge in [-0.05, 0) is 29.8 Å². The first kappa shape index (κ1) is 16.4. The monoisotopic (exact) mass is 343 g/mol. The molecule has 1 N–H and O–H groups in total. The average Bonchev–Trinajstić information content (AvgIpc) is 3.07. The predicted molar refractivity (Wildman–Crippen MR) is 92.2 cm³/mol. The van der Waals surface area contributed by atoms with Gasteiger partial charge in [-0.15, -0.1) is 11.8 Å². The van der Waals surface area contributed by atoms with Gasteiger partial charge in [-0.3, -0.25) is 4.79 Å². The van der Waals surface area contributed by atoms with Crippen molar-refractivity contribution in [1.82, 2.24) is 4.90 Å². The number of carbonyl (C=O) groups is 2. The number of carbonyl (C=O) groups excluding carboxylic acids is 1. The summed E-state index contributed by atoms with van der Waals surface area (Å²) in [7, 11) is 1.56. The van der Waals surface area contributed by atoms with Crippen molar-refractivity contribution in [3.63, 3.8) is 0 Å². The van der Waals surface area contributed by atoms with Crippen LogP contribution in [0.4, 0.5) is 0 Å². The van der Waals surface area contributed by atoms with Crippen LogP contribution in [0.15, 0.2) is 54.6 Å². The molecule has 1 aliphatic heterocycles. The number of rotatable bonds is 4. The summed E-state index contributed by atoms with van der Waals surface area (Å²) in [5.41, 5.74) is 1.37. The first-order valence-electron chi connectivity index (χ1n) is 7.48. The molecule has 2 aromatic carbocycles. The topological polar surface area (TPSA) is 66.8 Å². The van der Waals surface area contributed by atoms with Crippen LogP contribution >= 0.6 is 11.8 Å². The number of hydrogen-bond donors (Lipinski definition) is 1. The van der Waals surface area contributed by atoms with Crippen molar-refractivity contribution < 1.29 is 19.4 Å². The fourth-order valence-corrected chi connectivity index (χ4v) is 4.12. The molecule has 5 nitrogen and oxygen atoms in total. The molecule has 1 aliphatic rings. The molecule has 0 aliphatic carbocycles. The molecule has 0 saturated carbocycles. The van der Waals surface area contributed by atoms with Crippen molar-refractivity contribution in [3.05, 3.63) is 65.7 Å². The molecule has 0 spiro atoms. The van der Waals surface area contributed by atoms with Crippen molar-refractivity contribution in [2.45, 2.75) is 11.4 Å². The lowest BCUT2D eigenvalue weighted by atomic mass is 10.1. The summed E-state index contributed by atoms with van der Waals surface area (Å²) in [4.78, 5) is 26.0. The number of carboxylic acid groups (broad SMARTS) is 1. The van der Waals surface area contributed by atoms with Gasteiger partial charge in [0.1, 0.15) is 17.2 Å². The Balaban J connectivity index is 1.94. The van der Waals surface area contributed by atoms with E-state index >= 15 is 0 Å². The fourth-order valence-electron chi connectivity index (χ4n) is 2.70. The Morgan fingerprint density at radius 3 is 2.38 bits per heavy atom. The van der Waals surface area contributed by atoms with Gasteiger partial charge in [0.05, 0.1) is 7.11 Å². The molecular weight excluding hydrogens is 326 g/mol. The molecule has 1 amide bonds. The molecule has 1 fully saturated rings. The average molecular weight is 343 g/mol. The Kier molecular flexibility index (Phi) is 4.76. The molecule has 24 heavy (non-hydrogen) atoms. The zero-order valence-corrected chi connectivity index (χ0v) is 13.9. The minimum absolute atomic E-state index is 0.288. The highest BCUT2D eigenvalue weighted by Gasteiger charge is 2.42. The molecule has 1 heterocycles. The Hall–Kier alpha value is -2.47. The van der Waals surface area contributed by atoms with Gasteiger partial charge in [0.25, 0.3) is 5.91 Å². The Morgan fingerprint density at radius 1 is 1.12 bits per heavy atom. The number of benzene rings is 2. The number of nitrogens with zero attached hydrogens (tertiary/aromatic N) is 1. The number of thioether (sulfide) groups is 1. The zero-order chi connectivity index (χ0) is 17.1. The smallest absolute Gasteiger partial charge is 0.327 e. The van der Waals surface area contributed by atoms with E-state index in [1.54, 1.807) is 31.4 Å². The van der Waals surface area contributed by atoms with E-state index in [0.717, 1.165) is 5.56 Å². The molecule has 3 rings (SSSR count). The van der Waals surface area contributed by atoms with Crippen molar-refractivity contribution in [3.8, 4) is 5.75 Å². The minimum Gasteiger partial charge on any atom is -0.497 e. The lowest BCUT2D eigenvalue weighted by Crippen LogP contribution is -2.42. The number of aliphatic carboxylic acids is 1. The SMILES string of the molecule is COc1ccc(C(=O)N2[C@H](C(=O)O)CS[C@H]2c2ccccc2)cc1. The number of hydrogen-bond acceptors (Lipinski definition) is 4. The van der Waals surface area contributed by atoms with Crippen LogP contribution in [0.3, 0.4) is 0 Å². The van der Waals surface area contributed by atoms with E-state index < -0.39 is 12.0 Å². The molecule has 6 heteroatoms. The lowest BCUT2D eigenvalue weighted by Gasteiger charge is -2.27. The number of carboxylic acids is 1. The van der Waals surface area contributed by atoms with Crippen LogP contribution in [0.2, 0.25) is 0 Å². The fraction of sp³-hybridized carbons (Fsp3) is 0.222. The summed E-state index contributed by atoms with van der Waals surface area (Å²) < 4.78 is 5.10. The maximum atomic E-state index is 13.0. The van der Waals surface area contributed by atoms with Gasteiger partial charge in [0.2, 0.25) is 0 Å². The van der Waals surface area contributed by atoms with E-state index in [1.165, 1.54) is 16.7 Å². The van der Waals surface area contributed by atoms with Gasteiger partial charge in [-0.25, -0.2) is 4.79 Å². The first-order chi connectivity index (χ1) is 11.6. The van der Waals surface area contributed by atoms with Crippen LogP contribution in [0.5, 0.6) is 5.75 Å². The van der Waals surface area contributed by atoms with Gasteiger partial charge in [0, 0.05) is 11.3 Å². The molecule has 2 atom stereocenters. The van der Waals surface area contributed by atoms with Crippen LogP contribution < -0.4 is 4.74 Å². The summed E-state index contributed by atoms with van der Waals surface area (Å²) in [5.74, 6) is -0.250. The van der Waals surface area contributed by atoms with Gasteiger partial charge in [-0.2, -0.15) is 0 Å². The van der Waals surface area contributed by atoms with Gasteiger partial charge in [-0.1, -0.05) is 30.3 Å². The summed E-state index contributed by atoms with van der Waals surface area (Å²) in [6.07, 6.45) is 0. The highest BCUT2D eigenvalue weighted by Crippen LogP contribution is 2.42. The van der Waals surface area contributed by atoms with Crippen LogP contribution in [0.1, 0.15) is 21.3 Å². The normalized spacial score (nSPS) is 20.0. The van der Waals surface area contributed by atoms with E-state index in [1.807, 2.05) is 30.3 Å². The lowest BCUT2D eigenvalue weighted by molar-refractivity contribution is -0.141. The maximum absolute atomic E-state index is 13.0. The standard InChI is InChI=1S/C18H17NO4S/c1-23-14-9-7-12(8-10-14)16(20)19-15(18(21)22)11-24-17(19)13-5-3-2-4-6-13/h2-10,15,17H,11H2,1H3,(H,21,22)/t15-,17-/m0/s1. The molecule has 0 aromatic heterocycles. The second-order valence-electron chi connectivity index (χ2n) is 5.39. The molecular formula is C18H17NO4S. The van der Waals surface area contributed by atoms with Crippen LogP contribution in [-0.4, -0.2) is 40.8 Å². The largest absolute Gasteiger partial charge is 0.497 e. The van der Waals surface area contributed by atoms with Crippen molar-refractivity contribution in [1.29, 1.82) is 0 Å². The molecule has 2 aromatic rings. The maximum Gasteiger partial charge on any atom is 0.327 e. The van der Waals surface area contributed by atoms with E-state index in [0.29, 0.717) is 17.1 Å². The Bertz CT molecular complexity index is 732. The van der Waals surface area contributed by atoms with E-state index in [4.69, 9.17) is 4.74 Å². The number of methoxy groups -OCH3 is 1. The molecule has 1 saturated heterocycles. The number of amides is 1. The third-order valence-electron chi connectivity index (χ3n) is 3.94. The van der Waals surface area contributed by atoms with Gasteiger partial charge in [0.15, 0.2) is 0 Å². The van der Waals surface area contributed by atoms with E-state index in [2.05, 4.69) is 0 Å². The van der Waals surface area contributed by atoms with Crippen LogP contribution in [0.25, 0.3) is 0 Å². The predicted octanol–water partition coefficient (Wildman–Crippen LogP) is 3.04. The summed E-state index contributed by atoms with van der Waals surface area (Å²) in [6.45, 7) is 0. The minimum atomic E-state index is -0.984. The van der Waals surface area contributed by atoms with E-state index in [9.17, 15) is 14.7 Å². The van der Waals surface area contributed by atoms with Crippen LogP contribution in [0, 0.1) is 0 Å². The number of ether oxygens (including phenoxy) is 1. The van der Waals surface area contributed by atoms with Crippen molar-refractivity contribution in [2.75, 3.05) is 12.9 Å². The molecule has 0 radical (unpaired) electrons. The Labute approximate surface area is 144 Å². The molecule has 0 bridgehead atoms. The first-order valence-corrected chi connectivity index (χ1v) is 8.53. The highest BCUT2D eigenvalue weighted by atomic mass is 32.2. The highest BCUT2D eigenvalue weighted by molar-refractivity contribution is 7.99.